The molecule has 31 heavy (non-hydrogen) atoms. The molecule has 0 aliphatic heterocycles. The second-order valence-electron chi connectivity index (χ2n) is 8.26. The molecule has 4 rings (SSSR count). The van der Waals surface area contributed by atoms with E-state index in [1.165, 1.54) is 16.7 Å². The number of anilines is 1. The van der Waals surface area contributed by atoms with Crippen LogP contribution in [0, 0.1) is 6.92 Å². The quantitative estimate of drug-likeness (QED) is 0.336. The van der Waals surface area contributed by atoms with Crippen molar-refractivity contribution in [2.75, 3.05) is 5.73 Å². The summed E-state index contributed by atoms with van der Waals surface area (Å²) in [6, 6.07) is 32.0. The zero-order chi connectivity index (χ0) is 21.8. The van der Waals surface area contributed by atoms with Crippen LogP contribution in [-0.4, -0.2) is 0 Å². The van der Waals surface area contributed by atoms with Gasteiger partial charge in [-0.05, 0) is 78.7 Å². The zero-order valence-electron chi connectivity index (χ0n) is 18.1. The molecule has 0 saturated heterocycles. The van der Waals surface area contributed by atoms with Crippen LogP contribution in [0.15, 0.2) is 97.1 Å². The molecule has 0 aromatic heterocycles. The number of aryl methyl sites for hydroxylation is 1. The number of hydrogen-bond acceptors (Lipinski definition) is 3. The summed E-state index contributed by atoms with van der Waals surface area (Å²) in [5, 5.41) is 0. The van der Waals surface area contributed by atoms with Crippen molar-refractivity contribution in [2.24, 2.45) is 0 Å². The van der Waals surface area contributed by atoms with Crippen LogP contribution < -0.4 is 15.2 Å². The Balaban J connectivity index is 1.46. The van der Waals surface area contributed by atoms with Crippen molar-refractivity contribution < 1.29 is 9.47 Å². The van der Waals surface area contributed by atoms with Gasteiger partial charge in [-0.1, -0.05) is 55.8 Å². The van der Waals surface area contributed by atoms with Gasteiger partial charge in [0.2, 0.25) is 0 Å². The van der Waals surface area contributed by atoms with Crippen LogP contribution in [0.1, 0.15) is 30.5 Å². The normalized spacial score (nSPS) is 11.2. The van der Waals surface area contributed by atoms with Gasteiger partial charge in [-0.3, -0.25) is 0 Å². The van der Waals surface area contributed by atoms with Crippen molar-refractivity contribution in [1.29, 1.82) is 0 Å². The second-order valence-corrected chi connectivity index (χ2v) is 8.26. The van der Waals surface area contributed by atoms with Crippen LogP contribution in [0.4, 0.5) is 5.69 Å². The number of benzene rings is 4. The number of ether oxygens (including phenoxy) is 2. The van der Waals surface area contributed by atoms with Crippen molar-refractivity contribution in [3.8, 4) is 23.0 Å². The lowest BCUT2D eigenvalue weighted by molar-refractivity contribution is 0.481. The lowest BCUT2D eigenvalue weighted by atomic mass is 9.78. The molecule has 0 aliphatic rings. The lowest BCUT2D eigenvalue weighted by Crippen LogP contribution is -2.18. The van der Waals surface area contributed by atoms with Gasteiger partial charge in [-0.25, -0.2) is 0 Å². The van der Waals surface area contributed by atoms with Gasteiger partial charge in [-0.15, -0.1) is 0 Å². The Morgan fingerprint density at radius 3 is 1.23 bits per heavy atom. The first-order valence-corrected chi connectivity index (χ1v) is 10.4. The summed E-state index contributed by atoms with van der Waals surface area (Å²) in [5.41, 5.74) is 9.95. The smallest absolute Gasteiger partial charge is 0.127 e. The van der Waals surface area contributed by atoms with Gasteiger partial charge >= 0.3 is 0 Å². The van der Waals surface area contributed by atoms with Crippen LogP contribution >= 0.6 is 0 Å². The third-order valence-electron chi connectivity index (χ3n) is 5.52. The minimum absolute atomic E-state index is 0.151. The molecule has 156 valence electrons. The van der Waals surface area contributed by atoms with Crippen molar-refractivity contribution in [3.63, 3.8) is 0 Å². The van der Waals surface area contributed by atoms with Gasteiger partial charge in [0.15, 0.2) is 0 Å². The molecule has 0 fully saturated rings. The minimum Gasteiger partial charge on any atom is -0.457 e. The fourth-order valence-electron chi connectivity index (χ4n) is 3.46. The van der Waals surface area contributed by atoms with Crippen LogP contribution in [0.25, 0.3) is 0 Å². The standard InChI is InChI=1S/C28H27NO2/c1-20-4-12-24(13-5-20)30-25-14-6-21(7-15-25)28(2,3)22-8-16-26(17-9-22)31-27-18-10-23(29)11-19-27/h4-19H,29H2,1-3H3. The highest BCUT2D eigenvalue weighted by Gasteiger charge is 2.23. The van der Waals surface area contributed by atoms with Crippen molar-refractivity contribution in [3.05, 3.63) is 114 Å². The maximum atomic E-state index is 5.96. The SMILES string of the molecule is Cc1ccc(Oc2ccc(C(C)(C)c3ccc(Oc4ccc(N)cc4)cc3)cc2)cc1. The highest BCUT2D eigenvalue weighted by Crippen LogP contribution is 2.34. The monoisotopic (exact) mass is 409 g/mol. The van der Waals surface area contributed by atoms with E-state index in [0.29, 0.717) is 0 Å². The predicted molar refractivity (Wildman–Crippen MR) is 127 cm³/mol. The lowest BCUT2D eigenvalue weighted by Gasteiger charge is -2.26. The number of hydrogen-bond donors (Lipinski definition) is 1. The molecule has 4 aromatic rings. The van der Waals surface area contributed by atoms with Crippen LogP contribution in [0.5, 0.6) is 23.0 Å². The third kappa shape index (κ3) is 4.89. The van der Waals surface area contributed by atoms with Gasteiger partial charge in [0.05, 0.1) is 0 Å². The number of nitrogens with two attached hydrogens (primary N) is 1. The largest absolute Gasteiger partial charge is 0.457 e. The summed E-state index contributed by atoms with van der Waals surface area (Å²) in [6.45, 7) is 6.51. The second kappa shape index (κ2) is 8.57. The Morgan fingerprint density at radius 1 is 0.516 bits per heavy atom. The molecular formula is C28H27NO2. The number of nitrogen functional groups attached to an aromatic ring is 1. The van der Waals surface area contributed by atoms with Gasteiger partial charge < -0.3 is 15.2 Å². The summed E-state index contributed by atoms with van der Waals surface area (Å²) in [6.07, 6.45) is 0. The molecule has 3 nitrogen and oxygen atoms in total. The fraction of sp³-hybridized carbons (Fsp3) is 0.143. The first kappa shape index (κ1) is 20.5. The molecule has 0 aliphatic carbocycles. The maximum Gasteiger partial charge on any atom is 0.127 e. The summed E-state index contributed by atoms with van der Waals surface area (Å²) in [4.78, 5) is 0. The highest BCUT2D eigenvalue weighted by molar-refractivity contribution is 5.45. The summed E-state index contributed by atoms with van der Waals surface area (Å²) in [7, 11) is 0. The molecule has 0 amide bonds. The Labute approximate surface area is 184 Å². The molecule has 0 radical (unpaired) electrons. The molecule has 3 heteroatoms. The molecule has 0 saturated carbocycles. The van der Waals surface area contributed by atoms with E-state index in [4.69, 9.17) is 15.2 Å². The fourth-order valence-corrected chi connectivity index (χ4v) is 3.46. The molecule has 0 atom stereocenters. The van der Waals surface area contributed by atoms with Gasteiger partial charge in [-0.2, -0.15) is 0 Å². The van der Waals surface area contributed by atoms with E-state index in [-0.39, 0.29) is 5.41 Å². The molecule has 0 spiro atoms. The Bertz CT molecular complexity index is 1030. The van der Waals surface area contributed by atoms with Crippen molar-refractivity contribution in [1.82, 2.24) is 0 Å². The average molecular weight is 410 g/mol. The topological polar surface area (TPSA) is 44.5 Å². The zero-order valence-corrected chi connectivity index (χ0v) is 18.1. The first-order chi connectivity index (χ1) is 14.9. The van der Waals surface area contributed by atoms with Crippen molar-refractivity contribution in [2.45, 2.75) is 26.2 Å². The van der Waals surface area contributed by atoms with E-state index in [1.54, 1.807) is 0 Å². The van der Waals surface area contributed by atoms with E-state index in [0.717, 1.165) is 28.7 Å². The predicted octanol–water partition coefficient (Wildman–Crippen LogP) is 7.49. The molecule has 0 bridgehead atoms. The van der Waals surface area contributed by atoms with E-state index in [2.05, 4.69) is 45.0 Å². The Hall–Kier alpha value is -3.72. The summed E-state index contributed by atoms with van der Waals surface area (Å²) in [5.74, 6) is 3.24. The summed E-state index contributed by atoms with van der Waals surface area (Å²) < 4.78 is 11.9. The van der Waals surface area contributed by atoms with Crippen LogP contribution in [0.3, 0.4) is 0 Å². The highest BCUT2D eigenvalue weighted by atomic mass is 16.5. The van der Waals surface area contributed by atoms with Gasteiger partial charge in [0.1, 0.15) is 23.0 Å². The average Bonchev–Trinajstić information content (AvgIpc) is 2.78. The van der Waals surface area contributed by atoms with E-state index in [1.807, 2.05) is 72.8 Å². The Kier molecular flexibility index (Phi) is 5.68. The van der Waals surface area contributed by atoms with Crippen LogP contribution in [-0.2, 0) is 5.41 Å². The van der Waals surface area contributed by atoms with E-state index >= 15 is 0 Å². The minimum atomic E-state index is -0.151. The molecule has 0 heterocycles. The van der Waals surface area contributed by atoms with Crippen LogP contribution in [0.2, 0.25) is 0 Å². The molecule has 0 unspecified atom stereocenters. The van der Waals surface area contributed by atoms with Gasteiger partial charge in [0.25, 0.3) is 0 Å². The first-order valence-electron chi connectivity index (χ1n) is 10.4. The molecule has 2 N–H and O–H groups in total. The molecular weight excluding hydrogens is 382 g/mol. The van der Waals surface area contributed by atoms with Crippen molar-refractivity contribution >= 4 is 5.69 Å². The number of rotatable bonds is 6. The maximum absolute atomic E-state index is 5.96. The van der Waals surface area contributed by atoms with E-state index in [9.17, 15) is 0 Å². The van der Waals surface area contributed by atoms with E-state index < -0.39 is 0 Å². The third-order valence-corrected chi connectivity index (χ3v) is 5.52. The Morgan fingerprint density at radius 2 is 0.839 bits per heavy atom. The molecule has 4 aromatic carbocycles. The van der Waals surface area contributed by atoms with Gasteiger partial charge in [0, 0.05) is 11.1 Å². The summed E-state index contributed by atoms with van der Waals surface area (Å²) >= 11 is 0.